The molecule has 2 rings (SSSR count). The van der Waals surface area contributed by atoms with E-state index in [2.05, 4.69) is 4.72 Å². The molecule has 0 aliphatic heterocycles. The number of nitrogens with one attached hydrogen (secondary N) is 1. The molecule has 4 nitrogen and oxygen atoms in total. The van der Waals surface area contributed by atoms with Gasteiger partial charge in [0.15, 0.2) is 0 Å². The topological polar surface area (TPSA) is 66.4 Å². The first-order valence-corrected chi connectivity index (χ1v) is 8.60. The van der Waals surface area contributed by atoms with Crippen LogP contribution in [0.2, 0.25) is 0 Å². The Balaban J connectivity index is 2.08. The second-order valence-electron chi connectivity index (χ2n) is 5.36. The molecule has 1 atom stereocenters. The third kappa shape index (κ3) is 3.81. The number of hydrogen-bond donors (Lipinski definition) is 2. The standard InChI is InChI=1S/C16H21NO3S/c1-12(2)21(19,20)17-11-10-16(18)15-9-5-7-13-6-3-4-8-14(13)15/h3-9,12,16-18H,10-11H2,1-2H3. The zero-order valence-electron chi connectivity index (χ0n) is 12.3. The molecule has 21 heavy (non-hydrogen) atoms. The third-order valence-electron chi connectivity index (χ3n) is 3.52. The van der Waals surface area contributed by atoms with E-state index in [-0.39, 0.29) is 6.54 Å². The molecule has 0 fully saturated rings. The normalized spacial score (nSPS) is 13.7. The molecular formula is C16H21NO3S. The molecule has 0 spiro atoms. The fourth-order valence-corrected chi connectivity index (χ4v) is 2.94. The van der Waals surface area contributed by atoms with E-state index in [9.17, 15) is 13.5 Å². The van der Waals surface area contributed by atoms with Crippen molar-refractivity contribution in [2.45, 2.75) is 31.6 Å². The van der Waals surface area contributed by atoms with Gasteiger partial charge in [-0.05, 0) is 36.6 Å². The van der Waals surface area contributed by atoms with Crippen LogP contribution in [0.25, 0.3) is 10.8 Å². The summed E-state index contributed by atoms with van der Waals surface area (Å²) in [5, 5.41) is 11.9. The van der Waals surface area contributed by atoms with E-state index in [0.717, 1.165) is 16.3 Å². The zero-order chi connectivity index (χ0) is 15.5. The highest BCUT2D eigenvalue weighted by Crippen LogP contribution is 2.25. The lowest BCUT2D eigenvalue weighted by Crippen LogP contribution is -2.32. The lowest BCUT2D eigenvalue weighted by molar-refractivity contribution is 0.170. The highest BCUT2D eigenvalue weighted by molar-refractivity contribution is 7.90. The van der Waals surface area contributed by atoms with Crippen LogP contribution in [0.5, 0.6) is 0 Å². The number of fused-ring (bicyclic) bond motifs is 1. The molecule has 2 aromatic carbocycles. The van der Waals surface area contributed by atoms with Crippen molar-refractivity contribution in [1.82, 2.24) is 4.72 Å². The van der Waals surface area contributed by atoms with Gasteiger partial charge in [0.25, 0.3) is 0 Å². The number of sulfonamides is 1. The van der Waals surface area contributed by atoms with Crippen molar-refractivity contribution in [2.24, 2.45) is 0 Å². The van der Waals surface area contributed by atoms with E-state index in [1.54, 1.807) is 13.8 Å². The minimum atomic E-state index is -3.28. The Morgan fingerprint density at radius 3 is 2.48 bits per heavy atom. The minimum Gasteiger partial charge on any atom is -0.388 e. The molecule has 1 unspecified atom stereocenters. The molecule has 0 aliphatic carbocycles. The first-order chi connectivity index (χ1) is 9.92. The predicted octanol–water partition coefficient (Wildman–Crippen LogP) is 2.59. The summed E-state index contributed by atoms with van der Waals surface area (Å²) in [5.74, 6) is 0. The van der Waals surface area contributed by atoms with E-state index in [1.807, 2.05) is 42.5 Å². The summed E-state index contributed by atoms with van der Waals surface area (Å²) in [6.07, 6.45) is -0.342. The van der Waals surface area contributed by atoms with Crippen molar-refractivity contribution in [3.05, 3.63) is 48.0 Å². The van der Waals surface area contributed by atoms with Gasteiger partial charge in [0.2, 0.25) is 10.0 Å². The first kappa shape index (κ1) is 15.9. The van der Waals surface area contributed by atoms with Gasteiger partial charge in [0.1, 0.15) is 0 Å². The van der Waals surface area contributed by atoms with Gasteiger partial charge in [-0.1, -0.05) is 42.5 Å². The predicted molar refractivity (Wildman–Crippen MR) is 85.6 cm³/mol. The number of rotatable bonds is 6. The summed E-state index contributed by atoms with van der Waals surface area (Å²) < 4.78 is 25.9. The lowest BCUT2D eigenvalue weighted by atomic mass is 9.99. The maximum atomic E-state index is 11.7. The smallest absolute Gasteiger partial charge is 0.213 e. The quantitative estimate of drug-likeness (QED) is 0.862. The Morgan fingerprint density at radius 2 is 1.76 bits per heavy atom. The van der Waals surface area contributed by atoms with Gasteiger partial charge in [-0.3, -0.25) is 0 Å². The zero-order valence-corrected chi connectivity index (χ0v) is 13.1. The van der Waals surface area contributed by atoms with Crippen molar-refractivity contribution < 1.29 is 13.5 Å². The highest BCUT2D eigenvalue weighted by atomic mass is 32.2. The van der Waals surface area contributed by atoms with Crippen molar-refractivity contribution >= 4 is 20.8 Å². The second-order valence-corrected chi connectivity index (χ2v) is 7.68. The summed E-state index contributed by atoms with van der Waals surface area (Å²) in [7, 11) is -3.28. The SMILES string of the molecule is CC(C)S(=O)(=O)NCCC(O)c1cccc2ccccc12. The summed E-state index contributed by atoms with van der Waals surface area (Å²) in [4.78, 5) is 0. The Morgan fingerprint density at radius 1 is 1.10 bits per heavy atom. The van der Waals surface area contributed by atoms with Gasteiger partial charge in [-0.15, -0.1) is 0 Å². The van der Waals surface area contributed by atoms with E-state index >= 15 is 0 Å². The largest absolute Gasteiger partial charge is 0.388 e. The molecule has 2 aromatic rings. The molecule has 0 amide bonds. The van der Waals surface area contributed by atoms with Crippen LogP contribution >= 0.6 is 0 Å². The van der Waals surface area contributed by atoms with Crippen LogP contribution in [-0.2, 0) is 10.0 Å². The molecule has 114 valence electrons. The monoisotopic (exact) mass is 307 g/mol. The van der Waals surface area contributed by atoms with Crippen LogP contribution in [0.4, 0.5) is 0 Å². The molecule has 5 heteroatoms. The van der Waals surface area contributed by atoms with Gasteiger partial charge in [0, 0.05) is 6.54 Å². The molecule has 0 saturated heterocycles. The Kier molecular flexibility index (Phi) is 4.98. The molecule has 2 N–H and O–H groups in total. The summed E-state index contributed by atoms with van der Waals surface area (Å²) >= 11 is 0. The average molecular weight is 307 g/mol. The van der Waals surface area contributed by atoms with E-state index in [0.29, 0.717) is 6.42 Å². The van der Waals surface area contributed by atoms with Crippen LogP contribution in [0, 0.1) is 0 Å². The van der Waals surface area contributed by atoms with E-state index < -0.39 is 21.4 Å². The molecule has 0 bridgehead atoms. The van der Waals surface area contributed by atoms with E-state index in [1.165, 1.54) is 0 Å². The van der Waals surface area contributed by atoms with Crippen LogP contribution in [-0.4, -0.2) is 25.3 Å². The Hall–Kier alpha value is -1.43. The fraction of sp³-hybridized carbons (Fsp3) is 0.375. The van der Waals surface area contributed by atoms with Gasteiger partial charge >= 0.3 is 0 Å². The number of benzene rings is 2. The van der Waals surface area contributed by atoms with Crippen LogP contribution in [0.1, 0.15) is 31.9 Å². The molecule has 0 radical (unpaired) electrons. The Bertz CT molecular complexity index is 705. The van der Waals surface area contributed by atoms with Crippen LogP contribution in [0.3, 0.4) is 0 Å². The van der Waals surface area contributed by atoms with Gasteiger partial charge < -0.3 is 5.11 Å². The second kappa shape index (κ2) is 6.56. The Labute approximate surface area is 125 Å². The molecule has 0 saturated carbocycles. The lowest BCUT2D eigenvalue weighted by Gasteiger charge is -2.15. The van der Waals surface area contributed by atoms with Crippen molar-refractivity contribution in [1.29, 1.82) is 0 Å². The minimum absolute atomic E-state index is 0.227. The molecular weight excluding hydrogens is 286 g/mol. The van der Waals surface area contributed by atoms with Crippen LogP contribution < -0.4 is 4.72 Å². The first-order valence-electron chi connectivity index (χ1n) is 7.06. The number of aliphatic hydroxyl groups excluding tert-OH is 1. The third-order valence-corrected chi connectivity index (χ3v) is 5.37. The van der Waals surface area contributed by atoms with Gasteiger partial charge in [0.05, 0.1) is 11.4 Å². The van der Waals surface area contributed by atoms with Crippen molar-refractivity contribution in [2.75, 3.05) is 6.54 Å². The summed E-state index contributed by atoms with van der Waals surface area (Å²) in [6, 6.07) is 13.6. The molecule has 0 aromatic heterocycles. The van der Waals surface area contributed by atoms with E-state index in [4.69, 9.17) is 0 Å². The van der Waals surface area contributed by atoms with Crippen LogP contribution in [0.15, 0.2) is 42.5 Å². The maximum absolute atomic E-state index is 11.7. The molecule has 0 aliphatic rings. The number of aliphatic hydroxyl groups is 1. The summed E-state index contributed by atoms with van der Waals surface area (Å²) in [5.41, 5.74) is 0.830. The molecule has 0 heterocycles. The van der Waals surface area contributed by atoms with Crippen molar-refractivity contribution in [3.8, 4) is 0 Å². The highest BCUT2D eigenvalue weighted by Gasteiger charge is 2.16. The van der Waals surface area contributed by atoms with Gasteiger partial charge in [-0.25, -0.2) is 13.1 Å². The summed E-state index contributed by atoms with van der Waals surface area (Å²) in [6.45, 7) is 3.48. The van der Waals surface area contributed by atoms with Crippen molar-refractivity contribution in [3.63, 3.8) is 0 Å². The fourth-order valence-electron chi connectivity index (χ4n) is 2.20. The van der Waals surface area contributed by atoms with Gasteiger partial charge in [-0.2, -0.15) is 0 Å². The average Bonchev–Trinajstić information content (AvgIpc) is 2.46. The number of hydrogen-bond acceptors (Lipinski definition) is 3. The maximum Gasteiger partial charge on any atom is 0.213 e.